The molecule has 0 aliphatic heterocycles. The van der Waals surface area contributed by atoms with Crippen molar-refractivity contribution in [3.8, 4) is 0 Å². The second-order valence-electron chi connectivity index (χ2n) is 0.987. The minimum atomic E-state index is 1.62. The molecule has 1 radical (unpaired) electrons. The maximum absolute atomic E-state index is 4.68. The van der Waals surface area contributed by atoms with Crippen molar-refractivity contribution in [1.29, 1.82) is 0 Å². The number of hydroxylamine groups is 2. The van der Waals surface area contributed by atoms with Crippen LogP contribution in [0.5, 0.6) is 0 Å². The molecule has 0 rings (SSSR count). The summed E-state index contributed by atoms with van der Waals surface area (Å²) in [4.78, 5) is 4.68. The smallest absolute Gasteiger partial charge is 0.0575 e. The van der Waals surface area contributed by atoms with Crippen molar-refractivity contribution in [2.75, 3.05) is 14.2 Å². The van der Waals surface area contributed by atoms with E-state index in [1.807, 2.05) is 20.5 Å². The van der Waals surface area contributed by atoms with Crippen LogP contribution in [0.3, 0.4) is 0 Å². The Kier molecular flexibility index (Phi) is 3.08. The van der Waals surface area contributed by atoms with E-state index in [-0.39, 0.29) is 0 Å². The average molecular weight is 88.1 g/mol. The molecule has 0 aliphatic carbocycles. The van der Waals surface area contributed by atoms with E-state index in [0.717, 1.165) is 0 Å². The van der Waals surface area contributed by atoms with Crippen LogP contribution in [0.4, 0.5) is 0 Å². The lowest BCUT2D eigenvalue weighted by Gasteiger charge is -2.06. The van der Waals surface area contributed by atoms with E-state index in [0.29, 0.717) is 0 Å². The van der Waals surface area contributed by atoms with Gasteiger partial charge in [-0.1, -0.05) is 0 Å². The standard InChI is InChI=1S/C4H10NO/c1-4-5(2)6-3/h4H,1-3H3. The van der Waals surface area contributed by atoms with Crippen LogP contribution < -0.4 is 0 Å². The zero-order chi connectivity index (χ0) is 4.99. The summed E-state index contributed by atoms with van der Waals surface area (Å²) in [6.07, 6.45) is 0. The van der Waals surface area contributed by atoms with Crippen molar-refractivity contribution in [3.05, 3.63) is 6.54 Å². The molecule has 6 heavy (non-hydrogen) atoms. The number of hydrogen-bond acceptors (Lipinski definition) is 2. The molecule has 0 saturated heterocycles. The van der Waals surface area contributed by atoms with Crippen LogP contribution in [0.1, 0.15) is 6.92 Å². The molecule has 0 unspecified atom stereocenters. The van der Waals surface area contributed by atoms with Crippen molar-refractivity contribution in [2.45, 2.75) is 6.92 Å². The van der Waals surface area contributed by atoms with Crippen LogP contribution in [-0.2, 0) is 4.84 Å². The molecule has 0 N–H and O–H groups in total. The zero-order valence-electron chi connectivity index (χ0n) is 4.43. The minimum absolute atomic E-state index is 1.62. The first kappa shape index (κ1) is 5.92. The fraction of sp³-hybridized carbons (Fsp3) is 0.750. The van der Waals surface area contributed by atoms with E-state index < -0.39 is 0 Å². The molecule has 0 amide bonds. The lowest BCUT2D eigenvalue weighted by molar-refractivity contribution is -0.0813. The fourth-order valence-electron chi connectivity index (χ4n) is 0.105. The summed E-state index contributed by atoms with van der Waals surface area (Å²) in [6, 6.07) is 0. The molecule has 37 valence electrons. The maximum atomic E-state index is 4.68. The van der Waals surface area contributed by atoms with Gasteiger partial charge in [-0.15, -0.1) is 0 Å². The fourth-order valence-corrected chi connectivity index (χ4v) is 0.105. The molecule has 0 aliphatic rings. The molecule has 0 saturated carbocycles. The first-order chi connectivity index (χ1) is 2.81. The molecular weight excluding hydrogens is 78.0 g/mol. The molecule has 2 nitrogen and oxygen atoms in total. The van der Waals surface area contributed by atoms with E-state index in [1.54, 1.807) is 12.2 Å². The van der Waals surface area contributed by atoms with E-state index in [1.165, 1.54) is 0 Å². The van der Waals surface area contributed by atoms with Crippen LogP contribution in [0.25, 0.3) is 0 Å². The average Bonchev–Trinajstić information content (AvgIpc) is 1.65. The predicted molar refractivity (Wildman–Crippen MR) is 24.7 cm³/mol. The lowest BCUT2D eigenvalue weighted by atomic mass is 10.8. The summed E-state index contributed by atoms with van der Waals surface area (Å²) in [5.74, 6) is 0. The Morgan fingerprint density at radius 2 is 2.17 bits per heavy atom. The Bertz CT molecular complexity index is 26.7. The van der Waals surface area contributed by atoms with E-state index in [4.69, 9.17) is 0 Å². The van der Waals surface area contributed by atoms with Gasteiger partial charge < -0.3 is 4.84 Å². The van der Waals surface area contributed by atoms with Gasteiger partial charge in [-0.2, -0.15) is 5.06 Å². The Hall–Kier alpha value is -0.0800. The van der Waals surface area contributed by atoms with Gasteiger partial charge in [0.05, 0.1) is 7.11 Å². The molecule has 0 aromatic heterocycles. The highest BCUT2D eigenvalue weighted by atomic mass is 16.7. The number of rotatable bonds is 2. The highest BCUT2D eigenvalue weighted by Crippen LogP contribution is 1.81. The summed E-state index contributed by atoms with van der Waals surface area (Å²) in [5.41, 5.74) is 0. The molecule has 0 bridgehead atoms. The van der Waals surface area contributed by atoms with E-state index in [2.05, 4.69) is 4.84 Å². The SMILES string of the molecule is C[CH]N(C)OC. The van der Waals surface area contributed by atoms with Gasteiger partial charge in [-0.25, -0.2) is 0 Å². The Balaban J connectivity index is 2.75. The zero-order valence-corrected chi connectivity index (χ0v) is 4.43. The minimum Gasteiger partial charge on any atom is -0.302 e. The number of nitrogens with zero attached hydrogens (tertiary/aromatic N) is 1. The Morgan fingerprint density at radius 1 is 1.67 bits per heavy atom. The summed E-state index contributed by atoms with van der Waals surface area (Å²) < 4.78 is 0. The van der Waals surface area contributed by atoms with E-state index >= 15 is 0 Å². The van der Waals surface area contributed by atoms with Gasteiger partial charge in [0, 0.05) is 13.6 Å². The van der Waals surface area contributed by atoms with Crippen molar-refractivity contribution < 1.29 is 4.84 Å². The first-order valence-electron chi connectivity index (χ1n) is 1.87. The summed E-state index contributed by atoms with van der Waals surface area (Å²) in [6.45, 7) is 3.74. The highest BCUT2D eigenvalue weighted by Gasteiger charge is 1.82. The van der Waals surface area contributed by atoms with Crippen molar-refractivity contribution >= 4 is 0 Å². The first-order valence-corrected chi connectivity index (χ1v) is 1.87. The third-order valence-electron chi connectivity index (χ3n) is 0.652. The molecule has 0 aromatic carbocycles. The van der Waals surface area contributed by atoms with Crippen molar-refractivity contribution in [2.24, 2.45) is 0 Å². The summed E-state index contributed by atoms with van der Waals surface area (Å²) in [7, 11) is 3.46. The molecule has 2 heteroatoms. The quantitative estimate of drug-likeness (QED) is 0.460. The van der Waals surface area contributed by atoms with Crippen molar-refractivity contribution in [3.63, 3.8) is 0 Å². The van der Waals surface area contributed by atoms with Gasteiger partial charge in [0.2, 0.25) is 0 Å². The van der Waals surface area contributed by atoms with Gasteiger partial charge in [-0.3, -0.25) is 0 Å². The van der Waals surface area contributed by atoms with Gasteiger partial charge in [0.1, 0.15) is 0 Å². The summed E-state index contributed by atoms with van der Waals surface area (Å²) in [5, 5.41) is 1.62. The monoisotopic (exact) mass is 88.1 g/mol. The lowest BCUT2D eigenvalue weighted by Crippen LogP contribution is -2.09. The van der Waals surface area contributed by atoms with Gasteiger partial charge in [0.15, 0.2) is 0 Å². The third kappa shape index (κ3) is 2.18. The van der Waals surface area contributed by atoms with Crippen LogP contribution in [-0.4, -0.2) is 19.2 Å². The molecular formula is C4H10NO. The normalized spacial score (nSPS) is 10.0. The molecule has 0 heterocycles. The van der Waals surface area contributed by atoms with Gasteiger partial charge in [-0.05, 0) is 6.92 Å². The number of hydrogen-bond donors (Lipinski definition) is 0. The molecule has 0 fully saturated rings. The second-order valence-corrected chi connectivity index (χ2v) is 0.987. The topological polar surface area (TPSA) is 12.5 Å². The van der Waals surface area contributed by atoms with E-state index in [9.17, 15) is 0 Å². The largest absolute Gasteiger partial charge is 0.302 e. The van der Waals surface area contributed by atoms with Gasteiger partial charge in [0.25, 0.3) is 0 Å². The second kappa shape index (κ2) is 3.12. The summed E-state index contributed by atoms with van der Waals surface area (Å²) >= 11 is 0. The van der Waals surface area contributed by atoms with Crippen LogP contribution in [0.2, 0.25) is 0 Å². The van der Waals surface area contributed by atoms with Crippen molar-refractivity contribution in [1.82, 2.24) is 5.06 Å². The van der Waals surface area contributed by atoms with Crippen LogP contribution in [0.15, 0.2) is 0 Å². The Labute approximate surface area is 38.7 Å². The maximum Gasteiger partial charge on any atom is 0.0575 e. The van der Waals surface area contributed by atoms with Crippen LogP contribution in [0, 0.1) is 6.54 Å². The molecule has 0 spiro atoms. The Morgan fingerprint density at radius 3 is 2.17 bits per heavy atom. The van der Waals surface area contributed by atoms with Gasteiger partial charge >= 0.3 is 0 Å². The molecule has 0 atom stereocenters. The van der Waals surface area contributed by atoms with Crippen LogP contribution >= 0.6 is 0 Å². The predicted octanol–water partition coefficient (Wildman–Crippen LogP) is 0.661. The highest BCUT2D eigenvalue weighted by molar-refractivity contribution is 4.40. The molecule has 0 aromatic rings. The third-order valence-corrected chi connectivity index (χ3v) is 0.652.